The summed E-state index contributed by atoms with van der Waals surface area (Å²) in [6.07, 6.45) is 1.78. The number of carbonyl (C=O) groups excluding carboxylic acids is 1. The van der Waals surface area contributed by atoms with Crippen LogP contribution >= 0.6 is 0 Å². The minimum absolute atomic E-state index is 0.0128. The fourth-order valence-electron chi connectivity index (χ4n) is 4.30. The largest absolute Gasteiger partial charge is 0.455 e. The third kappa shape index (κ3) is 2.78. The van der Waals surface area contributed by atoms with E-state index in [1.165, 1.54) is 11.1 Å². The van der Waals surface area contributed by atoms with Gasteiger partial charge in [0.05, 0.1) is 6.10 Å². The zero-order valence-electron chi connectivity index (χ0n) is 15.1. The van der Waals surface area contributed by atoms with Gasteiger partial charge in [0.1, 0.15) is 5.76 Å². The number of benzene rings is 1. The van der Waals surface area contributed by atoms with Crippen molar-refractivity contribution in [3.05, 3.63) is 58.0 Å². The second kappa shape index (κ2) is 5.73. The maximum absolute atomic E-state index is 13.1. The summed E-state index contributed by atoms with van der Waals surface area (Å²) in [6.45, 7) is 7.47. The number of aliphatic hydroxyl groups excluding tert-OH is 1. The average molecular weight is 339 g/mol. The molecular formula is C21H25NO3. The molecule has 0 saturated carbocycles. The van der Waals surface area contributed by atoms with Crippen molar-refractivity contribution in [2.75, 3.05) is 6.54 Å². The number of hydrogen-bond acceptors (Lipinski definition) is 3. The van der Waals surface area contributed by atoms with E-state index in [0.29, 0.717) is 25.3 Å². The van der Waals surface area contributed by atoms with Crippen LogP contribution in [0.5, 0.6) is 0 Å². The topological polar surface area (TPSA) is 53.7 Å². The molecule has 2 aromatic rings. The smallest absolute Gasteiger partial charge is 0.290 e. The molecule has 0 spiro atoms. The molecule has 0 radical (unpaired) electrons. The van der Waals surface area contributed by atoms with Gasteiger partial charge in [-0.15, -0.1) is 0 Å². The Bertz CT molecular complexity index is 834. The minimum Gasteiger partial charge on any atom is -0.455 e. The van der Waals surface area contributed by atoms with E-state index in [1.807, 2.05) is 24.0 Å². The monoisotopic (exact) mass is 339 g/mol. The molecule has 1 aromatic carbocycles. The number of fused-ring (bicyclic) bond motifs is 2. The summed E-state index contributed by atoms with van der Waals surface area (Å²) < 4.78 is 5.99. The summed E-state index contributed by atoms with van der Waals surface area (Å²) in [5.74, 6) is 1.12. The predicted octanol–water partition coefficient (Wildman–Crippen LogP) is 3.79. The Labute approximate surface area is 148 Å². The van der Waals surface area contributed by atoms with Crippen molar-refractivity contribution in [3.63, 3.8) is 0 Å². The molecule has 132 valence electrons. The van der Waals surface area contributed by atoms with E-state index in [9.17, 15) is 9.90 Å². The zero-order valence-corrected chi connectivity index (χ0v) is 15.1. The Morgan fingerprint density at radius 3 is 2.76 bits per heavy atom. The van der Waals surface area contributed by atoms with Crippen LogP contribution in [-0.2, 0) is 19.4 Å². The van der Waals surface area contributed by atoms with Crippen LogP contribution in [0.25, 0.3) is 0 Å². The molecule has 25 heavy (non-hydrogen) atoms. The number of hydrogen-bond donors (Lipinski definition) is 1. The Hall–Kier alpha value is -2.07. The van der Waals surface area contributed by atoms with E-state index in [4.69, 9.17) is 4.42 Å². The first-order valence-electron chi connectivity index (χ1n) is 9.02. The fraction of sp³-hybridized carbons (Fsp3) is 0.476. The van der Waals surface area contributed by atoms with Gasteiger partial charge in [-0.05, 0) is 36.3 Å². The van der Waals surface area contributed by atoms with E-state index in [-0.39, 0.29) is 11.3 Å². The third-order valence-corrected chi connectivity index (χ3v) is 5.60. The van der Waals surface area contributed by atoms with Gasteiger partial charge in [0, 0.05) is 30.6 Å². The Morgan fingerprint density at radius 2 is 2.00 bits per heavy atom. The van der Waals surface area contributed by atoms with E-state index >= 15 is 0 Å². The molecule has 4 rings (SSSR count). The highest BCUT2D eigenvalue weighted by atomic mass is 16.4. The number of carbonyl (C=O) groups is 1. The van der Waals surface area contributed by atoms with Crippen LogP contribution in [0.2, 0.25) is 0 Å². The van der Waals surface area contributed by atoms with Crippen LogP contribution in [0.4, 0.5) is 0 Å². The molecule has 1 aromatic heterocycles. The van der Waals surface area contributed by atoms with Gasteiger partial charge in [0.15, 0.2) is 5.76 Å². The lowest BCUT2D eigenvalue weighted by molar-refractivity contribution is 0.0692. The molecule has 1 N–H and O–H groups in total. The quantitative estimate of drug-likeness (QED) is 0.860. The summed E-state index contributed by atoms with van der Waals surface area (Å²) in [7, 11) is 0. The van der Waals surface area contributed by atoms with Gasteiger partial charge in [-0.2, -0.15) is 0 Å². The SMILES string of the molecule is Cc1c(C(=O)N2CCc3ccccc3C2)oc2c1[C@@H](O)CC(C)(C)C2. The molecule has 0 saturated heterocycles. The van der Waals surface area contributed by atoms with E-state index in [0.717, 1.165) is 29.7 Å². The van der Waals surface area contributed by atoms with E-state index < -0.39 is 6.10 Å². The number of rotatable bonds is 1. The van der Waals surface area contributed by atoms with Crippen molar-refractivity contribution in [2.24, 2.45) is 5.41 Å². The van der Waals surface area contributed by atoms with Crippen LogP contribution < -0.4 is 0 Å². The average Bonchev–Trinajstić information content (AvgIpc) is 2.89. The maximum Gasteiger partial charge on any atom is 0.290 e. The summed E-state index contributed by atoms with van der Waals surface area (Å²) in [5.41, 5.74) is 4.15. The van der Waals surface area contributed by atoms with Crippen LogP contribution in [0.15, 0.2) is 28.7 Å². The Balaban J connectivity index is 1.64. The summed E-state index contributed by atoms with van der Waals surface area (Å²) in [6, 6.07) is 8.28. The third-order valence-electron chi connectivity index (χ3n) is 5.60. The molecule has 1 atom stereocenters. The highest BCUT2D eigenvalue weighted by Crippen LogP contribution is 2.44. The molecular weight excluding hydrogens is 314 g/mol. The second-order valence-corrected chi connectivity index (χ2v) is 8.20. The standard InChI is InChI=1S/C21H25NO3/c1-13-18-16(23)10-21(2,3)11-17(18)25-19(13)20(24)22-9-8-14-6-4-5-7-15(14)12-22/h4-7,16,23H,8-12H2,1-3H3/t16-/m0/s1. The molecule has 0 fully saturated rings. The Morgan fingerprint density at radius 1 is 1.28 bits per heavy atom. The molecule has 2 heterocycles. The molecule has 1 aliphatic carbocycles. The van der Waals surface area contributed by atoms with Crippen molar-refractivity contribution < 1.29 is 14.3 Å². The van der Waals surface area contributed by atoms with Crippen molar-refractivity contribution in [3.8, 4) is 0 Å². The van der Waals surface area contributed by atoms with E-state index in [2.05, 4.69) is 26.0 Å². The summed E-state index contributed by atoms with van der Waals surface area (Å²) in [4.78, 5) is 14.9. The molecule has 1 aliphatic heterocycles. The molecule has 2 aliphatic rings. The lowest BCUT2D eigenvalue weighted by Crippen LogP contribution is -2.36. The van der Waals surface area contributed by atoms with Crippen LogP contribution in [0, 0.1) is 12.3 Å². The van der Waals surface area contributed by atoms with Crippen LogP contribution in [0.3, 0.4) is 0 Å². The lowest BCUT2D eigenvalue weighted by atomic mass is 9.75. The van der Waals surface area contributed by atoms with E-state index in [1.54, 1.807) is 0 Å². The van der Waals surface area contributed by atoms with Crippen molar-refractivity contribution in [2.45, 2.75) is 52.7 Å². The van der Waals surface area contributed by atoms with Crippen molar-refractivity contribution >= 4 is 5.91 Å². The molecule has 1 amide bonds. The highest BCUT2D eigenvalue weighted by molar-refractivity contribution is 5.93. The summed E-state index contributed by atoms with van der Waals surface area (Å²) >= 11 is 0. The van der Waals surface area contributed by atoms with Gasteiger partial charge < -0.3 is 14.4 Å². The molecule has 4 heteroatoms. The first kappa shape index (κ1) is 16.4. The highest BCUT2D eigenvalue weighted by Gasteiger charge is 2.38. The molecule has 4 nitrogen and oxygen atoms in total. The zero-order chi connectivity index (χ0) is 17.8. The number of aliphatic hydroxyl groups is 1. The molecule has 0 unspecified atom stereocenters. The predicted molar refractivity (Wildman–Crippen MR) is 95.4 cm³/mol. The van der Waals surface area contributed by atoms with Crippen molar-refractivity contribution in [1.82, 2.24) is 4.90 Å². The van der Waals surface area contributed by atoms with Crippen molar-refractivity contribution in [1.29, 1.82) is 0 Å². The van der Waals surface area contributed by atoms with Gasteiger partial charge in [-0.25, -0.2) is 0 Å². The maximum atomic E-state index is 13.1. The van der Waals surface area contributed by atoms with Gasteiger partial charge in [-0.3, -0.25) is 4.79 Å². The Kier molecular flexibility index (Phi) is 3.76. The number of furan rings is 1. The summed E-state index contributed by atoms with van der Waals surface area (Å²) in [5, 5.41) is 10.5. The van der Waals surface area contributed by atoms with Gasteiger partial charge in [0.2, 0.25) is 0 Å². The first-order valence-corrected chi connectivity index (χ1v) is 9.02. The fourth-order valence-corrected chi connectivity index (χ4v) is 4.30. The number of nitrogens with zero attached hydrogens (tertiary/aromatic N) is 1. The van der Waals surface area contributed by atoms with Gasteiger partial charge in [0.25, 0.3) is 5.91 Å². The molecule has 0 bridgehead atoms. The van der Waals surface area contributed by atoms with Crippen LogP contribution in [-0.4, -0.2) is 22.5 Å². The number of amides is 1. The van der Waals surface area contributed by atoms with Gasteiger partial charge in [-0.1, -0.05) is 38.1 Å². The minimum atomic E-state index is -0.550. The second-order valence-electron chi connectivity index (χ2n) is 8.20. The normalized spacial score (nSPS) is 21.6. The van der Waals surface area contributed by atoms with Gasteiger partial charge >= 0.3 is 0 Å². The first-order chi connectivity index (χ1) is 11.9. The lowest BCUT2D eigenvalue weighted by Gasteiger charge is -2.31. The van der Waals surface area contributed by atoms with Crippen LogP contribution in [0.1, 0.15) is 64.9 Å².